The van der Waals surface area contributed by atoms with Crippen LogP contribution >= 0.6 is 22.6 Å². The quantitative estimate of drug-likeness (QED) is 0.381. The van der Waals surface area contributed by atoms with Crippen LogP contribution in [0.2, 0.25) is 0 Å². The van der Waals surface area contributed by atoms with Crippen LogP contribution in [-0.2, 0) is 0 Å². The first-order valence-corrected chi connectivity index (χ1v) is 11.6. The van der Waals surface area contributed by atoms with Crippen molar-refractivity contribution >= 4 is 40.0 Å². The summed E-state index contributed by atoms with van der Waals surface area (Å²) in [6.07, 6.45) is 5.16. The second kappa shape index (κ2) is 8.68. The number of alkyl halides is 1. The summed E-state index contributed by atoms with van der Waals surface area (Å²) in [5.74, 6) is 0.926. The smallest absolute Gasteiger partial charge is 0.251 e. The third-order valence-corrected chi connectivity index (χ3v) is 6.69. The summed E-state index contributed by atoms with van der Waals surface area (Å²) < 4.78 is 1.05. The molecule has 1 aromatic carbocycles. The fourth-order valence-electron chi connectivity index (χ4n) is 4.36. The molecule has 4 rings (SSSR count). The molecule has 0 bridgehead atoms. The molecule has 1 N–H and O–H groups in total. The SMILES string of the molecule is O=C(NCCCI)c1ccnc(N2CCC3(CCN(c4ccccc4)C3)C2)c1. The molecule has 2 aliphatic heterocycles. The number of benzene rings is 1. The first-order chi connectivity index (χ1) is 13.7. The minimum absolute atomic E-state index is 0.00136. The number of aromatic nitrogens is 1. The van der Waals surface area contributed by atoms with Gasteiger partial charge >= 0.3 is 0 Å². The zero-order valence-corrected chi connectivity index (χ0v) is 18.3. The van der Waals surface area contributed by atoms with Gasteiger partial charge in [0.1, 0.15) is 5.82 Å². The second-order valence-corrected chi connectivity index (χ2v) is 8.96. The summed E-state index contributed by atoms with van der Waals surface area (Å²) in [5.41, 5.74) is 2.36. The van der Waals surface area contributed by atoms with Gasteiger partial charge in [-0.2, -0.15) is 0 Å². The number of amides is 1. The number of carbonyl (C=O) groups is 1. The van der Waals surface area contributed by atoms with Crippen LogP contribution < -0.4 is 15.1 Å². The van der Waals surface area contributed by atoms with Gasteiger partial charge in [-0.15, -0.1) is 0 Å². The number of carbonyl (C=O) groups excluding carboxylic acids is 1. The van der Waals surface area contributed by atoms with Gasteiger partial charge in [-0.1, -0.05) is 40.8 Å². The highest BCUT2D eigenvalue weighted by atomic mass is 127. The van der Waals surface area contributed by atoms with Crippen LogP contribution in [0, 0.1) is 5.41 Å². The Hall–Kier alpha value is -1.83. The van der Waals surface area contributed by atoms with Crippen LogP contribution in [0.5, 0.6) is 0 Å². The second-order valence-electron chi connectivity index (χ2n) is 7.88. The molecule has 0 radical (unpaired) electrons. The van der Waals surface area contributed by atoms with Crippen LogP contribution in [0.15, 0.2) is 48.7 Å². The lowest BCUT2D eigenvalue weighted by Gasteiger charge is -2.26. The van der Waals surface area contributed by atoms with Crippen LogP contribution in [0.4, 0.5) is 11.5 Å². The number of anilines is 2. The van der Waals surface area contributed by atoms with Gasteiger partial charge in [0.25, 0.3) is 5.91 Å². The van der Waals surface area contributed by atoms with Crippen molar-refractivity contribution in [2.24, 2.45) is 5.41 Å². The highest BCUT2D eigenvalue weighted by Gasteiger charge is 2.43. The van der Waals surface area contributed by atoms with E-state index in [-0.39, 0.29) is 5.91 Å². The Morgan fingerprint density at radius 3 is 2.64 bits per heavy atom. The van der Waals surface area contributed by atoms with Crippen LogP contribution in [0.1, 0.15) is 29.6 Å². The molecule has 1 amide bonds. The predicted octanol–water partition coefficient (Wildman–Crippen LogP) is 3.74. The predicted molar refractivity (Wildman–Crippen MR) is 123 cm³/mol. The van der Waals surface area contributed by atoms with Crippen molar-refractivity contribution in [3.8, 4) is 0 Å². The summed E-state index contributed by atoms with van der Waals surface area (Å²) >= 11 is 2.33. The lowest BCUT2D eigenvalue weighted by atomic mass is 9.86. The fraction of sp³-hybridized carbons (Fsp3) is 0.455. The van der Waals surface area contributed by atoms with E-state index in [1.807, 2.05) is 6.07 Å². The molecule has 3 heterocycles. The molecule has 0 saturated carbocycles. The largest absolute Gasteiger partial charge is 0.371 e. The van der Waals surface area contributed by atoms with E-state index in [0.717, 1.165) is 49.4 Å². The maximum Gasteiger partial charge on any atom is 0.251 e. The molecule has 1 atom stereocenters. The molecule has 0 aliphatic carbocycles. The Bertz CT molecular complexity index is 815. The van der Waals surface area contributed by atoms with Gasteiger partial charge < -0.3 is 15.1 Å². The molecule has 28 heavy (non-hydrogen) atoms. The van der Waals surface area contributed by atoms with E-state index >= 15 is 0 Å². The maximum absolute atomic E-state index is 12.4. The third kappa shape index (κ3) is 4.26. The van der Waals surface area contributed by atoms with E-state index in [2.05, 4.69) is 73.0 Å². The molecular formula is C22H27IN4O. The Morgan fingerprint density at radius 1 is 1.11 bits per heavy atom. The van der Waals surface area contributed by atoms with Gasteiger partial charge in [0.05, 0.1) is 0 Å². The van der Waals surface area contributed by atoms with Gasteiger partial charge in [-0.05, 0) is 43.5 Å². The number of hydrogen-bond donors (Lipinski definition) is 1. The fourth-order valence-corrected chi connectivity index (χ4v) is 4.74. The molecule has 2 aliphatic rings. The normalized spacial score (nSPS) is 21.5. The molecule has 2 fully saturated rings. The van der Waals surface area contributed by atoms with Crippen LogP contribution in [0.25, 0.3) is 0 Å². The van der Waals surface area contributed by atoms with Gasteiger partial charge in [-0.3, -0.25) is 4.79 Å². The highest BCUT2D eigenvalue weighted by molar-refractivity contribution is 14.1. The molecular weight excluding hydrogens is 463 g/mol. The first kappa shape index (κ1) is 19.5. The van der Waals surface area contributed by atoms with Gasteiger partial charge in [0.15, 0.2) is 0 Å². The summed E-state index contributed by atoms with van der Waals surface area (Å²) in [7, 11) is 0. The Kier molecular flexibility index (Phi) is 6.04. The van der Waals surface area contributed by atoms with Gasteiger partial charge in [0, 0.05) is 60.0 Å². The molecule has 5 nitrogen and oxygen atoms in total. The molecule has 2 saturated heterocycles. The number of halogens is 1. The topological polar surface area (TPSA) is 48.5 Å². The lowest BCUT2D eigenvalue weighted by Crippen LogP contribution is -2.31. The number of nitrogens with one attached hydrogen (secondary N) is 1. The number of rotatable bonds is 6. The molecule has 148 valence electrons. The van der Waals surface area contributed by atoms with E-state index in [0.29, 0.717) is 11.0 Å². The summed E-state index contributed by atoms with van der Waals surface area (Å²) in [5, 5.41) is 2.99. The number of hydrogen-bond acceptors (Lipinski definition) is 4. The van der Waals surface area contributed by atoms with Crippen molar-refractivity contribution in [3.63, 3.8) is 0 Å². The van der Waals surface area contributed by atoms with Crippen molar-refractivity contribution in [3.05, 3.63) is 54.2 Å². The zero-order valence-electron chi connectivity index (χ0n) is 16.1. The van der Waals surface area contributed by atoms with Gasteiger partial charge in [0.2, 0.25) is 0 Å². The van der Waals surface area contributed by atoms with Crippen LogP contribution in [0.3, 0.4) is 0 Å². The van der Waals surface area contributed by atoms with Crippen molar-refractivity contribution < 1.29 is 4.79 Å². The molecule has 2 aromatic rings. The first-order valence-electron chi connectivity index (χ1n) is 10.0. The summed E-state index contributed by atoms with van der Waals surface area (Å²) in [6.45, 7) is 4.97. The number of para-hydroxylation sites is 1. The van der Waals surface area contributed by atoms with Crippen molar-refractivity contribution in [2.75, 3.05) is 47.0 Å². The molecule has 1 unspecified atom stereocenters. The highest BCUT2D eigenvalue weighted by Crippen LogP contribution is 2.42. The monoisotopic (exact) mass is 490 g/mol. The number of pyridine rings is 1. The van der Waals surface area contributed by atoms with Gasteiger partial charge in [-0.25, -0.2) is 4.98 Å². The van der Waals surface area contributed by atoms with E-state index in [1.165, 1.54) is 18.5 Å². The molecule has 1 aromatic heterocycles. The van der Waals surface area contributed by atoms with E-state index in [4.69, 9.17) is 0 Å². The van der Waals surface area contributed by atoms with E-state index in [9.17, 15) is 4.79 Å². The summed E-state index contributed by atoms with van der Waals surface area (Å²) in [6, 6.07) is 14.5. The lowest BCUT2D eigenvalue weighted by molar-refractivity contribution is 0.0954. The van der Waals surface area contributed by atoms with Crippen molar-refractivity contribution in [1.82, 2.24) is 10.3 Å². The van der Waals surface area contributed by atoms with Crippen LogP contribution in [-0.4, -0.2) is 48.0 Å². The van der Waals surface area contributed by atoms with E-state index in [1.54, 1.807) is 12.3 Å². The Labute approximate surface area is 180 Å². The van der Waals surface area contributed by atoms with Crippen molar-refractivity contribution in [1.29, 1.82) is 0 Å². The average molecular weight is 490 g/mol. The maximum atomic E-state index is 12.4. The Morgan fingerprint density at radius 2 is 1.86 bits per heavy atom. The zero-order chi connectivity index (χ0) is 19.4. The summed E-state index contributed by atoms with van der Waals surface area (Å²) in [4.78, 5) is 21.8. The minimum atomic E-state index is -0.00136. The third-order valence-electron chi connectivity index (χ3n) is 5.93. The number of nitrogens with zero attached hydrogens (tertiary/aromatic N) is 3. The van der Waals surface area contributed by atoms with Crippen molar-refractivity contribution in [2.45, 2.75) is 19.3 Å². The molecule has 1 spiro atoms. The Balaban J connectivity index is 1.41. The minimum Gasteiger partial charge on any atom is -0.371 e. The standard InChI is InChI=1S/C22H27IN4O/c23-10-4-11-25-21(28)18-7-12-24-20(15-18)27-14-9-22(17-27)8-13-26(16-22)19-5-2-1-3-6-19/h1-3,5-7,12,15H,4,8-11,13-14,16-17H2,(H,25,28). The molecule has 6 heteroatoms. The van der Waals surface area contributed by atoms with E-state index < -0.39 is 0 Å². The average Bonchev–Trinajstić information content (AvgIpc) is 3.36.